The SMILES string of the molecule is O=Nc1c(-c2cccs2)nc2ccc(F)cn12. The van der Waals surface area contributed by atoms with Gasteiger partial charge in [-0.25, -0.2) is 9.37 Å². The first-order chi connectivity index (χ1) is 8.29. The molecule has 0 aliphatic carbocycles. The number of halogens is 1. The minimum atomic E-state index is -0.433. The summed E-state index contributed by atoms with van der Waals surface area (Å²) in [4.78, 5) is 16.0. The summed E-state index contributed by atoms with van der Waals surface area (Å²) in [5, 5.41) is 4.83. The minimum absolute atomic E-state index is 0.127. The molecule has 0 unspecified atom stereocenters. The maximum Gasteiger partial charge on any atom is 0.210 e. The monoisotopic (exact) mass is 247 g/mol. The molecule has 0 radical (unpaired) electrons. The van der Waals surface area contributed by atoms with Crippen LogP contribution in [-0.2, 0) is 0 Å². The molecule has 0 fully saturated rings. The van der Waals surface area contributed by atoms with Crippen LogP contribution in [0.15, 0.2) is 41.0 Å². The van der Waals surface area contributed by atoms with Gasteiger partial charge in [0.05, 0.1) is 4.88 Å². The highest BCUT2D eigenvalue weighted by Gasteiger charge is 2.15. The van der Waals surface area contributed by atoms with Crippen molar-refractivity contribution < 1.29 is 4.39 Å². The second-order valence-electron chi connectivity index (χ2n) is 3.43. The molecule has 0 amide bonds. The molecule has 3 rings (SSSR count). The number of nitrogens with zero attached hydrogens (tertiary/aromatic N) is 3. The van der Waals surface area contributed by atoms with Crippen LogP contribution in [-0.4, -0.2) is 9.38 Å². The van der Waals surface area contributed by atoms with Gasteiger partial charge in [0.1, 0.15) is 17.2 Å². The number of imidazole rings is 1. The predicted molar refractivity (Wildman–Crippen MR) is 63.9 cm³/mol. The van der Waals surface area contributed by atoms with E-state index in [1.54, 1.807) is 0 Å². The number of aromatic nitrogens is 2. The average molecular weight is 247 g/mol. The molecule has 3 aromatic heterocycles. The molecule has 0 saturated heterocycles. The van der Waals surface area contributed by atoms with Crippen molar-refractivity contribution in [1.29, 1.82) is 0 Å². The van der Waals surface area contributed by atoms with Crippen LogP contribution in [0.5, 0.6) is 0 Å². The Hall–Kier alpha value is -2.08. The molecule has 3 heterocycles. The number of fused-ring (bicyclic) bond motifs is 1. The standard InChI is InChI=1S/C11H6FN3OS/c12-7-3-4-9-13-10(8-2-1-5-17-8)11(14-16)15(9)6-7/h1-6H. The molecule has 84 valence electrons. The lowest BCUT2D eigenvalue weighted by molar-refractivity contribution is 0.619. The summed E-state index contributed by atoms with van der Waals surface area (Å²) in [6, 6.07) is 6.52. The molecule has 0 saturated carbocycles. The quantitative estimate of drug-likeness (QED) is 0.649. The van der Waals surface area contributed by atoms with E-state index >= 15 is 0 Å². The van der Waals surface area contributed by atoms with E-state index in [0.717, 1.165) is 4.88 Å². The summed E-state index contributed by atoms with van der Waals surface area (Å²) in [6.45, 7) is 0. The molecule has 0 aliphatic rings. The van der Waals surface area contributed by atoms with E-state index < -0.39 is 5.82 Å². The molecule has 3 aromatic rings. The summed E-state index contributed by atoms with van der Waals surface area (Å²) in [6.07, 6.45) is 1.20. The zero-order chi connectivity index (χ0) is 11.8. The molecule has 0 aromatic carbocycles. The van der Waals surface area contributed by atoms with Gasteiger partial charge in [0.2, 0.25) is 5.82 Å². The van der Waals surface area contributed by atoms with Gasteiger partial charge in [-0.1, -0.05) is 6.07 Å². The van der Waals surface area contributed by atoms with Crippen molar-refractivity contribution >= 4 is 22.8 Å². The fraction of sp³-hybridized carbons (Fsp3) is 0. The van der Waals surface area contributed by atoms with Crippen molar-refractivity contribution in [2.45, 2.75) is 0 Å². The van der Waals surface area contributed by atoms with Crippen LogP contribution in [0.3, 0.4) is 0 Å². The van der Waals surface area contributed by atoms with Gasteiger partial charge in [0.15, 0.2) is 0 Å². The smallest absolute Gasteiger partial charge is 0.210 e. The van der Waals surface area contributed by atoms with Crippen LogP contribution < -0.4 is 0 Å². The Morgan fingerprint density at radius 2 is 2.24 bits per heavy atom. The Balaban J connectivity index is 2.36. The van der Waals surface area contributed by atoms with E-state index in [2.05, 4.69) is 10.2 Å². The maximum absolute atomic E-state index is 13.1. The third kappa shape index (κ3) is 1.53. The van der Waals surface area contributed by atoms with Crippen molar-refractivity contribution in [1.82, 2.24) is 9.38 Å². The van der Waals surface area contributed by atoms with E-state index in [0.29, 0.717) is 11.3 Å². The average Bonchev–Trinajstić information content (AvgIpc) is 2.94. The second kappa shape index (κ2) is 3.74. The number of hydrogen-bond donors (Lipinski definition) is 0. The first-order valence-corrected chi connectivity index (χ1v) is 5.72. The fourth-order valence-electron chi connectivity index (χ4n) is 1.67. The summed E-state index contributed by atoms with van der Waals surface area (Å²) in [5.41, 5.74) is 0.991. The Morgan fingerprint density at radius 3 is 2.94 bits per heavy atom. The normalized spacial score (nSPS) is 10.9. The van der Waals surface area contributed by atoms with Crippen molar-refractivity contribution in [3.05, 3.63) is 46.6 Å². The minimum Gasteiger partial charge on any atom is -0.278 e. The van der Waals surface area contributed by atoms with E-state index in [-0.39, 0.29) is 5.82 Å². The molecule has 0 N–H and O–H groups in total. The summed E-state index contributed by atoms with van der Waals surface area (Å²) >= 11 is 1.46. The molecule has 17 heavy (non-hydrogen) atoms. The molecular weight excluding hydrogens is 241 g/mol. The van der Waals surface area contributed by atoms with Crippen LogP contribution >= 0.6 is 11.3 Å². The predicted octanol–water partition coefficient (Wildman–Crippen LogP) is 3.60. The van der Waals surface area contributed by atoms with Gasteiger partial charge in [0.25, 0.3) is 0 Å². The molecule has 6 heteroatoms. The van der Waals surface area contributed by atoms with Crippen LogP contribution in [0.25, 0.3) is 16.2 Å². The van der Waals surface area contributed by atoms with Gasteiger partial charge >= 0.3 is 0 Å². The Bertz CT molecular complexity index is 690. The molecule has 0 aliphatic heterocycles. The number of pyridine rings is 1. The van der Waals surface area contributed by atoms with Gasteiger partial charge in [-0.3, -0.25) is 4.40 Å². The summed E-state index contributed by atoms with van der Waals surface area (Å²) in [5.74, 6) is -0.306. The lowest BCUT2D eigenvalue weighted by atomic mass is 10.3. The van der Waals surface area contributed by atoms with Gasteiger partial charge in [-0.05, 0) is 28.8 Å². The topological polar surface area (TPSA) is 46.7 Å². The van der Waals surface area contributed by atoms with E-state index in [9.17, 15) is 9.30 Å². The van der Waals surface area contributed by atoms with Gasteiger partial charge in [-0.2, -0.15) is 0 Å². The molecule has 4 nitrogen and oxygen atoms in total. The number of thiophene rings is 1. The van der Waals surface area contributed by atoms with Crippen LogP contribution in [0.4, 0.5) is 10.2 Å². The Kier molecular flexibility index (Phi) is 2.22. The highest BCUT2D eigenvalue weighted by atomic mass is 32.1. The number of nitroso groups, excluding NO2 is 1. The van der Waals surface area contributed by atoms with E-state index in [1.165, 1.54) is 34.1 Å². The Labute approximate surface area is 99.3 Å². The van der Waals surface area contributed by atoms with Crippen molar-refractivity contribution in [2.75, 3.05) is 0 Å². The van der Waals surface area contributed by atoms with Crippen LogP contribution in [0.2, 0.25) is 0 Å². The van der Waals surface area contributed by atoms with Gasteiger partial charge in [-0.15, -0.1) is 16.2 Å². The van der Waals surface area contributed by atoms with Crippen molar-refractivity contribution in [2.24, 2.45) is 5.18 Å². The summed E-state index contributed by atoms with van der Waals surface area (Å²) < 4.78 is 14.5. The first-order valence-electron chi connectivity index (χ1n) is 4.84. The third-order valence-electron chi connectivity index (χ3n) is 2.40. The zero-order valence-electron chi connectivity index (χ0n) is 8.50. The largest absolute Gasteiger partial charge is 0.278 e. The fourth-order valence-corrected chi connectivity index (χ4v) is 2.38. The van der Waals surface area contributed by atoms with Crippen molar-refractivity contribution in [3.63, 3.8) is 0 Å². The molecule has 0 bridgehead atoms. The lowest BCUT2D eigenvalue weighted by Gasteiger charge is -1.94. The van der Waals surface area contributed by atoms with Gasteiger partial charge < -0.3 is 0 Å². The molecular formula is C11H6FN3OS. The number of rotatable bonds is 2. The van der Waals surface area contributed by atoms with Gasteiger partial charge in [0, 0.05) is 6.20 Å². The molecule has 0 atom stereocenters. The van der Waals surface area contributed by atoms with E-state index in [4.69, 9.17) is 0 Å². The van der Waals surface area contributed by atoms with Crippen LogP contribution in [0.1, 0.15) is 0 Å². The highest BCUT2D eigenvalue weighted by Crippen LogP contribution is 2.33. The zero-order valence-corrected chi connectivity index (χ0v) is 9.32. The first kappa shape index (κ1) is 10.1. The Morgan fingerprint density at radius 1 is 1.35 bits per heavy atom. The van der Waals surface area contributed by atoms with Crippen LogP contribution in [0, 0.1) is 10.7 Å². The number of hydrogen-bond acceptors (Lipinski definition) is 4. The maximum atomic E-state index is 13.1. The summed E-state index contributed by atoms with van der Waals surface area (Å²) in [7, 11) is 0. The molecule has 0 spiro atoms. The van der Waals surface area contributed by atoms with Crippen molar-refractivity contribution in [3.8, 4) is 10.6 Å². The van der Waals surface area contributed by atoms with E-state index in [1.807, 2.05) is 17.5 Å². The third-order valence-corrected chi connectivity index (χ3v) is 3.27. The lowest BCUT2D eigenvalue weighted by Crippen LogP contribution is -1.85. The highest BCUT2D eigenvalue weighted by molar-refractivity contribution is 7.13. The second-order valence-corrected chi connectivity index (χ2v) is 4.38.